The van der Waals surface area contributed by atoms with E-state index in [1.165, 1.54) is 16.7 Å². The van der Waals surface area contributed by atoms with Gasteiger partial charge in [0.1, 0.15) is 5.65 Å². The molecule has 0 atom stereocenters. The Labute approximate surface area is 132 Å². The van der Waals surface area contributed by atoms with Gasteiger partial charge in [0.05, 0.1) is 17.0 Å². The van der Waals surface area contributed by atoms with Gasteiger partial charge in [-0.1, -0.05) is 13.3 Å². The average Bonchev–Trinajstić information content (AvgIpc) is 2.85. The Morgan fingerprint density at radius 2 is 2.00 bits per heavy atom. The number of nitrogens with zero attached hydrogens (tertiary/aromatic N) is 2. The lowest BCUT2D eigenvalue weighted by atomic mass is 10.3. The highest BCUT2D eigenvalue weighted by Gasteiger charge is 2.30. The van der Waals surface area contributed by atoms with Crippen LogP contribution in [0, 0.1) is 0 Å². The fraction of sp³-hybridized carbons (Fsp3) is 0.500. The fourth-order valence-corrected chi connectivity index (χ4v) is 3.30. The van der Waals surface area contributed by atoms with Gasteiger partial charge in [0.25, 0.3) is 0 Å². The van der Waals surface area contributed by atoms with Crippen LogP contribution < -0.4 is 4.72 Å². The molecule has 1 N–H and O–H groups in total. The van der Waals surface area contributed by atoms with E-state index in [4.69, 9.17) is 0 Å². The maximum absolute atomic E-state index is 12.6. The van der Waals surface area contributed by atoms with E-state index in [1.54, 1.807) is 0 Å². The number of nitrogens with one attached hydrogen (secondary N) is 1. The number of imidazole rings is 1. The van der Waals surface area contributed by atoms with Crippen molar-refractivity contribution < 1.29 is 21.6 Å². The molecule has 0 fully saturated rings. The molecule has 0 aliphatic rings. The lowest BCUT2D eigenvalue weighted by Crippen LogP contribution is -2.28. The third-order valence-corrected chi connectivity index (χ3v) is 4.77. The Bertz CT molecular complexity index is 769. The molecule has 0 saturated heterocycles. The summed E-state index contributed by atoms with van der Waals surface area (Å²) in [5.74, 6) is 0.0730. The van der Waals surface area contributed by atoms with Gasteiger partial charge in [-0.2, -0.15) is 13.2 Å². The minimum absolute atomic E-state index is 0.0730. The average molecular weight is 349 g/mol. The summed E-state index contributed by atoms with van der Waals surface area (Å²) in [4.78, 5) is 4.18. The monoisotopic (exact) mass is 349 g/mol. The molecule has 0 bridgehead atoms. The van der Waals surface area contributed by atoms with Crippen LogP contribution in [0.1, 0.15) is 31.0 Å². The smallest absolute Gasteiger partial charge is 0.306 e. The summed E-state index contributed by atoms with van der Waals surface area (Å²) in [6.07, 6.45) is -0.275. The van der Waals surface area contributed by atoms with Crippen LogP contribution in [0.15, 0.2) is 24.5 Å². The van der Waals surface area contributed by atoms with Gasteiger partial charge in [-0.3, -0.25) is 0 Å². The molecule has 9 heteroatoms. The zero-order chi connectivity index (χ0) is 17.1. The molecule has 0 spiro atoms. The highest BCUT2D eigenvalue weighted by molar-refractivity contribution is 7.89. The number of unbranched alkanes of at least 4 members (excludes halogenated alkanes) is 1. The quantitative estimate of drug-likeness (QED) is 0.836. The predicted octanol–water partition coefficient (Wildman–Crippen LogP) is 2.62. The van der Waals surface area contributed by atoms with Crippen molar-refractivity contribution in [2.24, 2.45) is 0 Å². The molecule has 0 aliphatic heterocycles. The van der Waals surface area contributed by atoms with Crippen molar-refractivity contribution in [3.8, 4) is 0 Å². The van der Waals surface area contributed by atoms with Crippen LogP contribution in [0.5, 0.6) is 0 Å². The second kappa shape index (κ2) is 6.88. The lowest BCUT2D eigenvalue weighted by Gasteiger charge is -2.05. The first kappa shape index (κ1) is 17.7. The Morgan fingerprint density at radius 3 is 2.65 bits per heavy atom. The van der Waals surface area contributed by atoms with Gasteiger partial charge < -0.3 is 4.40 Å². The highest BCUT2D eigenvalue weighted by atomic mass is 32.2. The number of halogens is 3. The molecule has 2 heterocycles. The Morgan fingerprint density at radius 1 is 1.26 bits per heavy atom. The molecule has 128 valence electrons. The highest BCUT2D eigenvalue weighted by Crippen LogP contribution is 2.29. The van der Waals surface area contributed by atoms with Crippen LogP contribution in [0.4, 0.5) is 13.2 Å². The van der Waals surface area contributed by atoms with Gasteiger partial charge in [-0.25, -0.2) is 18.1 Å². The van der Waals surface area contributed by atoms with Crippen molar-refractivity contribution in [3.63, 3.8) is 0 Å². The fourth-order valence-electron chi connectivity index (χ4n) is 2.07. The molecule has 0 saturated carbocycles. The van der Waals surface area contributed by atoms with Crippen molar-refractivity contribution in [2.75, 3.05) is 12.3 Å². The SMILES string of the molecule is CCCCS(=O)(=O)NCCc1cn2cc(C(F)(F)F)ccc2n1. The minimum Gasteiger partial charge on any atom is -0.306 e. The van der Waals surface area contributed by atoms with Crippen LogP contribution in [0.2, 0.25) is 0 Å². The van der Waals surface area contributed by atoms with Crippen LogP contribution >= 0.6 is 0 Å². The molecule has 0 amide bonds. The van der Waals surface area contributed by atoms with Crippen LogP contribution in [0.25, 0.3) is 5.65 Å². The first-order valence-electron chi connectivity index (χ1n) is 7.23. The normalized spacial score (nSPS) is 12.9. The summed E-state index contributed by atoms with van der Waals surface area (Å²) in [5.41, 5.74) is 0.165. The maximum Gasteiger partial charge on any atom is 0.417 e. The van der Waals surface area contributed by atoms with Gasteiger partial charge in [-0.15, -0.1) is 0 Å². The second-order valence-corrected chi connectivity index (χ2v) is 7.16. The van der Waals surface area contributed by atoms with Crippen LogP contribution in [-0.4, -0.2) is 30.1 Å². The Kier molecular flexibility index (Phi) is 5.30. The number of sulfonamides is 1. The summed E-state index contributed by atoms with van der Waals surface area (Å²) < 4.78 is 65.0. The van der Waals surface area contributed by atoms with E-state index >= 15 is 0 Å². The standard InChI is InChI=1S/C14H18F3N3O2S/c1-2-3-8-23(21,22)18-7-6-12-10-20-9-11(14(15,16)17)4-5-13(20)19-12/h4-5,9-10,18H,2-3,6-8H2,1H3. The van der Waals surface area contributed by atoms with Gasteiger partial charge >= 0.3 is 6.18 Å². The molecular weight excluding hydrogens is 331 g/mol. The molecular formula is C14H18F3N3O2S. The molecule has 2 aromatic heterocycles. The van der Waals surface area contributed by atoms with Crippen molar-refractivity contribution in [1.82, 2.24) is 14.1 Å². The van der Waals surface area contributed by atoms with E-state index in [2.05, 4.69) is 9.71 Å². The molecule has 0 aromatic carbocycles. The molecule has 0 aliphatic carbocycles. The molecule has 23 heavy (non-hydrogen) atoms. The maximum atomic E-state index is 12.6. The molecule has 5 nitrogen and oxygen atoms in total. The predicted molar refractivity (Wildman–Crippen MR) is 80.6 cm³/mol. The number of rotatable bonds is 7. The summed E-state index contributed by atoms with van der Waals surface area (Å²) in [6.45, 7) is 2.07. The Hall–Kier alpha value is -1.61. The van der Waals surface area contributed by atoms with Crippen molar-refractivity contribution in [2.45, 2.75) is 32.4 Å². The third kappa shape index (κ3) is 4.93. The number of hydrogen-bond donors (Lipinski definition) is 1. The van der Waals surface area contributed by atoms with E-state index < -0.39 is 21.8 Å². The summed E-state index contributed by atoms with van der Waals surface area (Å²) in [6, 6.07) is 2.26. The number of aromatic nitrogens is 2. The number of fused-ring (bicyclic) bond motifs is 1. The first-order chi connectivity index (χ1) is 10.7. The number of pyridine rings is 1. The van der Waals surface area contributed by atoms with Crippen LogP contribution in [0.3, 0.4) is 0 Å². The Balaban J connectivity index is 2.02. The topological polar surface area (TPSA) is 63.5 Å². The van der Waals surface area contributed by atoms with Gasteiger partial charge in [0.2, 0.25) is 10.0 Å². The van der Waals surface area contributed by atoms with Crippen LogP contribution in [-0.2, 0) is 22.6 Å². The van der Waals surface area contributed by atoms with E-state index in [9.17, 15) is 21.6 Å². The third-order valence-electron chi connectivity index (χ3n) is 3.30. The van der Waals surface area contributed by atoms with E-state index in [1.807, 2.05) is 6.92 Å². The zero-order valence-corrected chi connectivity index (χ0v) is 13.4. The van der Waals surface area contributed by atoms with E-state index in [-0.39, 0.29) is 12.3 Å². The summed E-state index contributed by atoms with van der Waals surface area (Å²) in [5, 5.41) is 0. The van der Waals surface area contributed by atoms with Gasteiger partial charge in [-0.05, 0) is 18.6 Å². The lowest BCUT2D eigenvalue weighted by molar-refractivity contribution is -0.137. The van der Waals surface area contributed by atoms with Crippen molar-refractivity contribution in [3.05, 3.63) is 35.8 Å². The van der Waals surface area contributed by atoms with E-state index in [0.717, 1.165) is 18.7 Å². The molecule has 2 aromatic rings. The summed E-state index contributed by atoms with van der Waals surface area (Å²) >= 11 is 0. The molecule has 2 rings (SSSR count). The summed E-state index contributed by atoms with van der Waals surface area (Å²) in [7, 11) is -3.30. The van der Waals surface area contributed by atoms with Gasteiger partial charge in [0, 0.05) is 25.4 Å². The number of hydrogen-bond acceptors (Lipinski definition) is 3. The molecule has 0 radical (unpaired) electrons. The number of alkyl halides is 3. The van der Waals surface area contributed by atoms with Gasteiger partial charge in [0.15, 0.2) is 0 Å². The first-order valence-corrected chi connectivity index (χ1v) is 8.88. The second-order valence-electron chi connectivity index (χ2n) is 5.23. The minimum atomic E-state index is -4.41. The van der Waals surface area contributed by atoms with Crippen molar-refractivity contribution in [1.29, 1.82) is 0 Å². The van der Waals surface area contributed by atoms with E-state index in [0.29, 0.717) is 24.2 Å². The molecule has 0 unspecified atom stereocenters. The zero-order valence-electron chi connectivity index (χ0n) is 12.6. The van der Waals surface area contributed by atoms with Crippen molar-refractivity contribution >= 4 is 15.7 Å². The largest absolute Gasteiger partial charge is 0.417 e.